The van der Waals surface area contributed by atoms with E-state index in [2.05, 4.69) is 5.32 Å². The van der Waals surface area contributed by atoms with Gasteiger partial charge in [-0.05, 0) is 43.7 Å². The maximum absolute atomic E-state index is 12.3. The Kier molecular flexibility index (Phi) is 4.16. The van der Waals surface area contributed by atoms with Crippen LogP contribution in [0.2, 0.25) is 0 Å². The standard InChI is InChI=1S/C14H18N2O3/c1-16(13(17)12-4-2-3-9-15-12)11-7-5-10(6-8-11)14(18)19/h5-8,12,15H,2-4,9H2,1H3,(H,18,19)/t12-/m1/s1. The topological polar surface area (TPSA) is 69.6 Å². The zero-order chi connectivity index (χ0) is 13.8. The average Bonchev–Trinajstić information content (AvgIpc) is 2.46. The molecule has 5 nitrogen and oxygen atoms in total. The molecule has 0 saturated carbocycles. The fourth-order valence-corrected chi connectivity index (χ4v) is 2.25. The number of piperidine rings is 1. The first kappa shape index (κ1) is 13.5. The van der Waals surface area contributed by atoms with Gasteiger partial charge in [-0.25, -0.2) is 4.79 Å². The largest absolute Gasteiger partial charge is 0.478 e. The summed E-state index contributed by atoms with van der Waals surface area (Å²) in [6.07, 6.45) is 3.03. The van der Waals surface area contributed by atoms with Crippen molar-refractivity contribution in [2.75, 3.05) is 18.5 Å². The number of carboxylic acids is 1. The third kappa shape index (κ3) is 3.12. The van der Waals surface area contributed by atoms with E-state index in [0.29, 0.717) is 5.69 Å². The molecule has 0 aromatic heterocycles. The van der Waals surface area contributed by atoms with Crippen LogP contribution in [-0.2, 0) is 4.79 Å². The SMILES string of the molecule is CN(C(=O)[C@H]1CCCCN1)c1ccc(C(=O)O)cc1. The van der Waals surface area contributed by atoms with E-state index >= 15 is 0 Å². The summed E-state index contributed by atoms with van der Waals surface area (Å²) in [7, 11) is 1.72. The summed E-state index contributed by atoms with van der Waals surface area (Å²) in [6, 6.07) is 6.21. The molecule has 1 amide bonds. The van der Waals surface area contributed by atoms with E-state index in [1.165, 1.54) is 12.1 Å². The summed E-state index contributed by atoms with van der Waals surface area (Å²) >= 11 is 0. The highest BCUT2D eigenvalue weighted by Gasteiger charge is 2.24. The first-order chi connectivity index (χ1) is 9.09. The van der Waals surface area contributed by atoms with Gasteiger partial charge in [-0.15, -0.1) is 0 Å². The summed E-state index contributed by atoms with van der Waals surface area (Å²) in [5.41, 5.74) is 0.933. The fraction of sp³-hybridized carbons (Fsp3) is 0.429. The van der Waals surface area contributed by atoms with E-state index in [1.54, 1.807) is 24.1 Å². The van der Waals surface area contributed by atoms with Crippen LogP contribution in [0, 0.1) is 0 Å². The second kappa shape index (κ2) is 5.84. The van der Waals surface area contributed by atoms with Gasteiger partial charge in [0, 0.05) is 12.7 Å². The first-order valence-corrected chi connectivity index (χ1v) is 6.44. The molecular weight excluding hydrogens is 244 g/mol. The lowest BCUT2D eigenvalue weighted by Crippen LogP contribution is -2.47. The molecule has 5 heteroatoms. The Hall–Kier alpha value is -1.88. The van der Waals surface area contributed by atoms with Gasteiger partial charge in [0.15, 0.2) is 0 Å². The van der Waals surface area contributed by atoms with Crippen molar-refractivity contribution in [2.45, 2.75) is 25.3 Å². The number of hydrogen-bond acceptors (Lipinski definition) is 3. The van der Waals surface area contributed by atoms with Gasteiger partial charge in [-0.1, -0.05) is 6.42 Å². The highest BCUT2D eigenvalue weighted by Crippen LogP contribution is 2.17. The fourth-order valence-electron chi connectivity index (χ4n) is 2.25. The maximum Gasteiger partial charge on any atom is 0.335 e. The zero-order valence-corrected chi connectivity index (χ0v) is 10.9. The van der Waals surface area contributed by atoms with Crippen molar-refractivity contribution >= 4 is 17.6 Å². The summed E-state index contributed by atoms with van der Waals surface area (Å²) < 4.78 is 0. The number of anilines is 1. The van der Waals surface area contributed by atoms with Crippen LogP contribution in [-0.4, -0.2) is 36.6 Å². The van der Waals surface area contributed by atoms with Gasteiger partial charge >= 0.3 is 5.97 Å². The third-order valence-electron chi connectivity index (χ3n) is 3.44. The minimum absolute atomic E-state index is 0.0303. The van der Waals surface area contributed by atoms with Crippen molar-refractivity contribution in [3.63, 3.8) is 0 Å². The van der Waals surface area contributed by atoms with E-state index in [4.69, 9.17) is 5.11 Å². The summed E-state index contributed by atoms with van der Waals surface area (Å²) in [5, 5.41) is 12.1. The number of carboxylic acid groups (broad SMARTS) is 1. The second-order valence-corrected chi connectivity index (χ2v) is 4.75. The monoisotopic (exact) mass is 262 g/mol. The Bertz CT molecular complexity index is 464. The molecule has 0 unspecified atom stereocenters. The number of aromatic carboxylic acids is 1. The highest BCUT2D eigenvalue weighted by atomic mass is 16.4. The minimum atomic E-state index is -0.963. The molecule has 0 spiro atoms. The first-order valence-electron chi connectivity index (χ1n) is 6.44. The van der Waals surface area contributed by atoms with E-state index in [-0.39, 0.29) is 17.5 Å². The van der Waals surface area contributed by atoms with Crippen LogP contribution in [0.5, 0.6) is 0 Å². The van der Waals surface area contributed by atoms with Gasteiger partial charge in [0.1, 0.15) is 0 Å². The molecule has 2 N–H and O–H groups in total. The molecule has 102 valence electrons. The summed E-state index contributed by atoms with van der Waals surface area (Å²) in [6.45, 7) is 0.877. The molecule has 1 aliphatic heterocycles. The Labute approximate surface area is 112 Å². The lowest BCUT2D eigenvalue weighted by atomic mass is 10.0. The molecule has 0 radical (unpaired) electrons. The number of benzene rings is 1. The van der Waals surface area contributed by atoms with Crippen LogP contribution in [0.15, 0.2) is 24.3 Å². The highest BCUT2D eigenvalue weighted by molar-refractivity contribution is 5.97. The zero-order valence-electron chi connectivity index (χ0n) is 10.9. The van der Waals surface area contributed by atoms with Gasteiger partial charge in [-0.2, -0.15) is 0 Å². The lowest BCUT2D eigenvalue weighted by Gasteiger charge is -2.27. The van der Waals surface area contributed by atoms with Crippen LogP contribution in [0.1, 0.15) is 29.6 Å². The smallest absolute Gasteiger partial charge is 0.335 e. The van der Waals surface area contributed by atoms with E-state index in [0.717, 1.165) is 25.8 Å². The average molecular weight is 262 g/mol. The Morgan fingerprint density at radius 3 is 2.47 bits per heavy atom. The predicted octanol–water partition coefficient (Wildman–Crippen LogP) is 1.49. The molecule has 1 atom stereocenters. The lowest BCUT2D eigenvalue weighted by molar-refractivity contribution is -0.120. The van der Waals surface area contributed by atoms with Crippen LogP contribution in [0.4, 0.5) is 5.69 Å². The predicted molar refractivity (Wildman–Crippen MR) is 72.5 cm³/mol. The number of nitrogens with zero attached hydrogens (tertiary/aromatic N) is 1. The van der Waals surface area contributed by atoms with Crippen molar-refractivity contribution < 1.29 is 14.7 Å². The van der Waals surface area contributed by atoms with Crippen molar-refractivity contribution in [1.82, 2.24) is 5.32 Å². The molecule has 1 fully saturated rings. The Morgan fingerprint density at radius 2 is 1.95 bits per heavy atom. The second-order valence-electron chi connectivity index (χ2n) is 4.75. The van der Waals surface area contributed by atoms with E-state index < -0.39 is 5.97 Å². The molecule has 0 aliphatic carbocycles. The Morgan fingerprint density at radius 1 is 1.26 bits per heavy atom. The van der Waals surface area contributed by atoms with Crippen molar-refractivity contribution in [2.24, 2.45) is 0 Å². The number of hydrogen-bond donors (Lipinski definition) is 2. The molecule has 1 aromatic carbocycles. The van der Waals surface area contributed by atoms with Crippen LogP contribution >= 0.6 is 0 Å². The van der Waals surface area contributed by atoms with Crippen molar-refractivity contribution in [1.29, 1.82) is 0 Å². The number of carbonyl (C=O) groups is 2. The van der Waals surface area contributed by atoms with Crippen LogP contribution in [0.25, 0.3) is 0 Å². The van der Waals surface area contributed by atoms with Gasteiger partial charge in [0.25, 0.3) is 0 Å². The Balaban J connectivity index is 2.07. The normalized spacial score (nSPS) is 18.9. The molecule has 19 heavy (non-hydrogen) atoms. The minimum Gasteiger partial charge on any atom is -0.478 e. The van der Waals surface area contributed by atoms with Crippen LogP contribution < -0.4 is 10.2 Å². The van der Waals surface area contributed by atoms with Gasteiger partial charge in [-0.3, -0.25) is 4.79 Å². The van der Waals surface area contributed by atoms with E-state index in [9.17, 15) is 9.59 Å². The van der Waals surface area contributed by atoms with Gasteiger partial charge in [0.05, 0.1) is 11.6 Å². The number of rotatable bonds is 3. The molecule has 0 bridgehead atoms. The molecule has 1 heterocycles. The number of amides is 1. The molecule has 1 aliphatic rings. The van der Waals surface area contributed by atoms with E-state index in [1.807, 2.05) is 0 Å². The maximum atomic E-state index is 12.3. The molecular formula is C14H18N2O3. The van der Waals surface area contributed by atoms with Crippen molar-refractivity contribution in [3.8, 4) is 0 Å². The number of likely N-dealkylation sites (N-methyl/N-ethyl adjacent to an activating group) is 1. The van der Waals surface area contributed by atoms with Crippen LogP contribution in [0.3, 0.4) is 0 Å². The van der Waals surface area contributed by atoms with Gasteiger partial charge in [0.2, 0.25) is 5.91 Å². The third-order valence-corrected chi connectivity index (χ3v) is 3.44. The van der Waals surface area contributed by atoms with Gasteiger partial charge < -0.3 is 15.3 Å². The van der Waals surface area contributed by atoms with Crippen molar-refractivity contribution in [3.05, 3.63) is 29.8 Å². The molecule has 1 aromatic rings. The molecule has 1 saturated heterocycles. The number of carbonyl (C=O) groups excluding carboxylic acids is 1. The summed E-state index contributed by atoms with van der Waals surface area (Å²) in [4.78, 5) is 24.6. The quantitative estimate of drug-likeness (QED) is 0.866. The number of nitrogens with one attached hydrogen (secondary N) is 1. The molecule has 2 rings (SSSR count). The summed E-state index contributed by atoms with van der Waals surface area (Å²) in [5.74, 6) is -0.933.